The molecule has 8 fully saturated rings. The van der Waals surface area contributed by atoms with E-state index in [-0.39, 0.29) is 120 Å². The van der Waals surface area contributed by atoms with Crippen LogP contribution in [0.2, 0.25) is 0 Å². The van der Waals surface area contributed by atoms with Crippen molar-refractivity contribution < 1.29 is 56.3 Å². The molecule has 0 spiro atoms. The Balaban J connectivity index is 0.000000218. The van der Waals surface area contributed by atoms with E-state index in [1.54, 1.807) is 17.7 Å². The summed E-state index contributed by atoms with van der Waals surface area (Å²) in [6.45, 7) is 46.9. The molecule has 2 aromatic rings. The van der Waals surface area contributed by atoms with E-state index >= 15 is 0 Å². The number of nitrogens with one attached hydrogen (secondary N) is 1. The van der Waals surface area contributed by atoms with E-state index < -0.39 is 21.5 Å². The Bertz CT molecular complexity index is 3530. The van der Waals surface area contributed by atoms with Crippen LogP contribution in [0.3, 0.4) is 0 Å². The van der Waals surface area contributed by atoms with E-state index in [1.165, 1.54) is 5.57 Å². The standard InChI is InChI=1S/C51H75NO7S.C37H63NO5/c1-12-50(13-2,52-60(54,55)38-21-19-35(5)20-22-38)32-59-44-41(56-11)29-51-33-57-31-47(44,8)42(51)24-23-39-40(51)25-26-49(10)43(45(53)58-30-37-17-15-14-16-18-37)46(7,36(6)34(3)4)27-28-48(39,49)9;1-11-36(38,12-2)21-43-30-27(41-10)19-37-22-42-20-33(30,7)28(37)14-13-25-26(37)15-16-35(9)29(31(39)40)32(6,24(5)23(3)4)17-18-34(25,35)8/h14-22,25,34,36,39,41-44,52H,12-13,23-24,26-33H2,1-11H3;15,23-25,27-30H,11-14,16-22,38H2,1-10H3,(H,39,40)/t36-,39+,41-,42+,43-,44+,46-,47-,48-,49+,51+;24-,25+,27-,28+,29-,30+,32-,33-,34-,35+,37+/m11/s1. The Morgan fingerprint density at radius 1 is 0.602 bits per heavy atom. The van der Waals surface area contributed by atoms with Crippen LogP contribution in [-0.4, -0.2) is 115 Å². The van der Waals surface area contributed by atoms with E-state index in [0.29, 0.717) is 86.6 Å². The molecule has 103 heavy (non-hydrogen) atoms. The maximum Gasteiger partial charge on any atom is 0.310 e. The number of ether oxygens (including phenoxy) is 7. The van der Waals surface area contributed by atoms with Gasteiger partial charge in [0.05, 0.1) is 86.3 Å². The van der Waals surface area contributed by atoms with Crippen LogP contribution in [0.1, 0.15) is 238 Å². The number of sulfonamides is 1. The highest BCUT2D eigenvalue weighted by Gasteiger charge is 2.75. The number of benzene rings is 2. The van der Waals surface area contributed by atoms with Crippen molar-refractivity contribution in [3.05, 3.63) is 89.0 Å². The third kappa shape index (κ3) is 12.8. The molecule has 2 saturated heterocycles. The molecule has 12 rings (SSSR count). The summed E-state index contributed by atoms with van der Waals surface area (Å²) in [5.74, 6) is 1.72. The average Bonchev–Trinajstić information content (AvgIpc) is 0.676. The molecule has 578 valence electrons. The zero-order valence-electron chi connectivity index (χ0n) is 67.6. The monoisotopic (exact) mass is 1450 g/mol. The lowest BCUT2D eigenvalue weighted by atomic mass is 9.34. The second-order valence-corrected chi connectivity index (χ2v) is 40.0. The number of aryl methyl sites for hydroxylation is 1. The van der Waals surface area contributed by atoms with E-state index in [4.69, 9.17) is 38.9 Å². The summed E-state index contributed by atoms with van der Waals surface area (Å²) < 4.78 is 77.0. The van der Waals surface area contributed by atoms with E-state index in [2.05, 4.69) is 128 Å². The molecule has 15 heteroatoms. The van der Waals surface area contributed by atoms with Gasteiger partial charge in [-0.3, -0.25) is 9.59 Å². The number of fused-ring (bicyclic) bond motifs is 6. The highest BCUT2D eigenvalue weighted by molar-refractivity contribution is 7.89. The number of hydrogen-bond donors (Lipinski definition) is 3. The number of carboxylic acids is 1. The molecule has 10 aliphatic rings. The minimum Gasteiger partial charge on any atom is -0.481 e. The van der Waals surface area contributed by atoms with Crippen molar-refractivity contribution in [2.75, 3.05) is 53.9 Å². The number of carbonyl (C=O) groups excluding carboxylic acids is 1. The first-order valence-corrected chi connectivity index (χ1v) is 42.0. The molecule has 22 atom stereocenters. The molecule has 4 bridgehead atoms. The van der Waals surface area contributed by atoms with Crippen LogP contribution in [0.25, 0.3) is 0 Å². The van der Waals surface area contributed by atoms with Gasteiger partial charge < -0.3 is 44.0 Å². The molecule has 0 aromatic heterocycles. The van der Waals surface area contributed by atoms with Gasteiger partial charge in [-0.25, -0.2) is 13.1 Å². The normalized spacial score (nSPS) is 41.1. The van der Waals surface area contributed by atoms with Gasteiger partial charge in [0.15, 0.2) is 0 Å². The van der Waals surface area contributed by atoms with Gasteiger partial charge in [0.2, 0.25) is 10.0 Å². The minimum atomic E-state index is -3.78. The van der Waals surface area contributed by atoms with Gasteiger partial charge in [0, 0.05) is 41.4 Å². The fraction of sp³-hybridized carbons (Fsp3) is 0.795. The summed E-state index contributed by atoms with van der Waals surface area (Å²) in [7, 11) is -0.130. The summed E-state index contributed by atoms with van der Waals surface area (Å²) in [4.78, 5) is 28.4. The molecule has 6 saturated carbocycles. The van der Waals surface area contributed by atoms with Crippen molar-refractivity contribution in [3.63, 3.8) is 0 Å². The third-order valence-electron chi connectivity index (χ3n) is 33.5. The van der Waals surface area contributed by atoms with Crippen molar-refractivity contribution >= 4 is 22.0 Å². The Hall–Kier alpha value is -3.51. The van der Waals surface area contributed by atoms with Gasteiger partial charge in [-0.15, -0.1) is 0 Å². The SMILES string of the molecule is CCC(CC)(CO[C@H]1[C@H](OC)C[C@@]23COC[C@]1(C)[C@@H]2CC[C@H]1C3=CC[C@@]2(C)[C@H](C(=O)OCc3ccccc3)[C@@](C)([C@H](C)C(C)C)CC[C@]12C)NS(=O)(=O)c1ccc(C)cc1.CCC(N)(CC)CO[C@H]1[C@H](OC)C[C@@]23COC[C@]1(C)[C@@H]2CC[C@H]1C3=CC[C@@]2(C)[C@H](C(=O)O)[C@@](C)([C@H](C)C(C)C)CC[C@]12C. The summed E-state index contributed by atoms with van der Waals surface area (Å²) in [5.41, 5.74) is 8.62. The summed E-state index contributed by atoms with van der Waals surface area (Å²) in [5, 5.41) is 10.9. The van der Waals surface area contributed by atoms with Crippen LogP contribution >= 0.6 is 0 Å². The zero-order valence-corrected chi connectivity index (χ0v) is 68.4. The van der Waals surface area contributed by atoms with E-state index in [1.807, 2.05) is 77.5 Å². The fourth-order valence-electron chi connectivity index (χ4n) is 25.6. The molecule has 0 radical (unpaired) electrons. The first kappa shape index (κ1) is 80.5. The van der Waals surface area contributed by atoms with Crippen LogP contribution in [0, 0.1) is 120 Å². The number of nitrogens with two attached hydrogens (primary N) is 1. The molecule has 2 aromatic carbocycles. The molecule has 2 aliphatic heterocycles. The predicted octanol–water partition coefficient (Wildman–Crippen LogP) is 18.0. The maximum atomic E-state index is 14.8. The highest BCUT2D eigenvalue weighted by Crippen LogP contribution is 2.78. The lowest BCUT2D eigenvalue weighted by Crippen LogP contribution is -2.70. The largest absolute Gasteiger partial charge is 0.481 e. The van der Waals surface area contributed by atoms with E-state index in [0.717, 1.165) is 108 Å². The van der Waals surface area contributed by atoms with Gasteiger partial charge in [-0.2, -0.15) is 0 Å². The number of aliphatic carboxylic acids is 1. The average molecular weight is 1450 g/mol. The van der Waals surface area contributed by atoms with Crippen molar-refractivity contribution in [2.24, 2.45) is 119 Å². The minimum absolute atomic E-state index is 0.0304. The smallest absolute Gasteiger partial charge is 0.310 e. The van der Waals surface area contributed by atoms with Crippen molar-refractivity contribution in [1.29, 1.82) is 0 Å². The van der Waals surface area contributed by atoms with Gasteiger partial charge in [0.25, 0.3) is 0 Å². The second-order valence-electron chi connectivity index (χ2n) is 38.3. The van der Waals surface area contributed by atoms with Crippen LogP contribution in [0.15, 0.2) is 82.8 Å². The molecular weight excluding hydrogens is 1310 g/mol. The number of esters is 1. The first-order valence-electron chi connectivity index (χ1n) is 40.5. The van der Waals surface area contributed by atoms with Gasteiger partial charge in [-0.05, 0) is 207 Å². The predicted molar refractivity (Wildman–Crippen MR) is 409 cm³/mol. The maximum absolute atomic E-state index is 14.8. The van der Waals surface area contributed by atoms with Crippen molar-refractivity contribution in [2.45, 2.75) is 281 Å². The van der Waals surface area contributed by atoms with E-state index in [9.17, 15) is 23.1 Å². The molecule has 4 N–H and O–H groups in total. The van der Waals surface area contributed by atoms with Crippen molar-refractivity contribution in [3.8, 4) is 0 Å². The van der Waals surface area contributed by atoms with Gasteiger partial charge >= 0.3 is 11.9 Å². The van der Waals surface area contributed by atoms with Crippen molar-refractivity contribution in [1.82, 2.24) is 4.72 Å². The number of allylic oxidation sites excluding steroid dienone is 2. The molecule has 14 nitrogen and oxygen atoms in total. The number of rotatable bonds is 23. The Labute approximate surface area is 622 Å². The Morgan fingerprint density at radius 2 is 1.05 bits per heavy atom. The topological polar surface area (TPSA) is 191 Å². The molecular formula is C88H138N2O12S. The van der Waals surface area contributed by atoms with Crippen LogP contribution in [-0.2, 0) is 59.4 Å². The summed E-state index contributed by atoms with van der Waals surface area (Å²) in [6.07, 6.45) is 19.2. The fourth-order valence-corrected chi connectivity index (χ4v) is 27.1. The van der Waals surface area contributed by atoms with Crippen LogP contribution < -0.4 is 10.5 Å². The zero-order chi connectivity index (χ0) is 75.3. The third-order valence-corrected chi connectivity index (χ3v) is 35.1. The highest BCUT2D eigenvalue weighted by atomic mass is 32.2. The summed E-state index contributed by atoms with van der Waals surface area (Å²) >= 11 is 0. The summed E-state index contributed by atoms with van der Waals surface area (Å²) in [6, 6.07) is 17.1. The Morgan fingerprint density at radius 3 is 1.48 bits per heavy atom. The van der Waals surface area contributed by atoms with Gasteiger partial charge in [0.1, 0.15) is 6.61 Å². The number of carboxylic acid groups (broad SMARTS) is 1. The molecule has 0 unspecified atom stereocenters. The number of methoxy groups -OCH3 is 2. The van der Waals surface area contributed by atoms with Gasteiger partial charge in [-0.1, -0.05) is 196 Å². The molecule has 0 amide bonds. The first-order chi connectivity index (χ1) is 48.3. The van der Waals surface area contributed by atoms with Crippen LogP contribution in [0.5, 0.6) is 0 Å². The number of carbonyl (C=O) groups is 2. The number of hydrogen-bond acceptors (Lipinski definition) is 12. The lowest BCUT2D eigenvalue weighted by Gasteiger charge is -2.71. The molecule has 8 aliphatic carbocycles. The second kappa shape index (κ2) is 29.1. The molecule has 2 heterocycles. The quantitative estimate of drug-likeness (QED) is 0.0704. The van der Waals surface area contributed by atoms with Crippen LogP contribution in [0.4, 0.5) is 0 Å². The Kier molecular flexibility index (Phi) is 22.7. The lowest BCUT2D eigenvalue weighted by molar-refractivity contribution is -0.269.